The lowest BCUT2D eigenvalue weighted by Crippen LogP contribution is -2.48. The SMILES string of the molecule is Cc1cncc(C)c1-c1ccc(NC(=O)C(NC(=O)c2ccnn2C)C(c2ccccc2)c2ccccc2)cc1. The van der Waals surface area contributed by atoms with Crippen LogP contribution in [0.4, 0.5) is 5.69 Å². The molecule has 7 heteroatoms. The summed E-state index contributed by atoms with van der Waals surface area (Å²) >= 11 is 0. The number of nitrogens with zero attached hydrogens (tertiary/aromatic N) is 3. The Kier molecular flexibility index (Phi) is 7.82. The highest BCUT2D eigenvalue weighted by Gasteiger charge is 2.33. The summed E-state index contributed by atoms with van der Waals surface area (Å²) in [5.41, 5.74) is 7.18. The minimum atomic E-state index is -0.906. The van der Waals surface area contributed by atoms with E-state index >= 15 is 0 Å². The molecule has 0 fully saturated rings. The van der Waals surface area contributed by atoms with Crippen molar-refractivity contribution in [1.82, 2.24) is 20.1 Å². The van der Waals surface area contributed by atoms with Crippen LogP contribution in [0.25, 0.3) is 11.1 Å². The third kappa shape index (κ3) is 5.68. The van der Waals surface area contributed by atoms with Gasteiger partial charge in [0.25, 0.3) is 5.91 Å². The fourth-order valence-electron chi connectivity index (χ4n) is 5.11. The average Bonchev–Trinajstić information content (AvgIpc) is 3.40. The van der Waals surface area contributed by atoms with Crippen LogP contribution in [0, 0.1) is 13.8 Å². The molecule has 2 aromatic heterocycles. The van der Waals surface area contributed by atoms with Crippen LogP contribution in [0.3, 0.4) is 0 Å². The average molecular weight is 530 g/mol. The summed E-state index contributed by atoms with van der Waals surface area (Å²) in [6.07, 6.45) is 5.26. The maximum Gasteiger partial charge on any atom is 0.270 e. The van der Waals surface area contributed by atoms with Gasteiger partial charge in [0.2, 0.25) is 5.91 Å². The molecule has 0 radical (unpaired) electrons. The summed E-state index contributed by atoms with van der Waals surface area (Å²) in [6.45, 7) is 4.07. The first-order chi connectivity index (χ1) is 19.4. The molecule has 1 unspecified atom stereocenters. The molecule has 5 aromatic rings. The molecule has 0 aliphatic heterocycles. The van der Waals surface area contributed by atoms with E-state index in [2.05, 4.69) is 20.7 Å². The second kappa shape index (κ2) is 11.8. The van der Waals surface area contributed by atoms with Crippen molar-refractivity contribution in [2.75, 3.05) is 5.32 Å². The molecule has 0 bridgehead atoms. The van der Waals surface area contributed by atoms with Gasteiger partial charge in [-0.1, -0.05) is 72.8 Å². The molecule has 0 saturated heterocycles. The van der Waals surface area contributed by atoms with Crippen molar-refractivity contribution in [2.24, 2.45) is 7.05 Å². The number of rotatable bonds is 8. The highest BCUT2D eigenvalue weighted by molar-refractivity contribution is 6.01. The van der Waals surface area contributed by atoms with Gasteiger partial charge in [0.1, 0.15) is 11.7 Å². The van der Waals surface area contributed by atoms with Crippen molar-refractivity contribution in [3.05, 3.63) is 138 Å². The predicted octanol–water partition coefficient (Wildman–Crippen LogP) is 5.67. The van der Waals surface area contributed by atoms with Gasteiger partial charge in [-0.05, 0) is 65.4 Å². The van der Waals surface area contributed by atoms with Gasteiger partial charge in [-0.3, -0.25) is 19.3 Å². The third-order valence-electron chi connectivity index (χ3n) is 7.04. The fraction of sp³-hybridized carbons (Fsp3) is 0.152. The Morgan fingerprint density at radius 2 is 1.35 bits per heavy atom. The molecule has 5 rings (SSSR count). The summed E-state index contributed by atoms with van der Waals surface area (Å²) in [4.78, 5) is 31.6. The van der Waals surface area contributed by atoms with Crippen molar-refractivity contribution in [3.63, 3.8) is 0 Å². The first-order valence-corrected chi connectivity index (χ1v) is 13.1. The van der Waals surface area contributed by atoms with E-state index in [0.717, 1.165) is 33.4 Å². The van der Waals surface area contributed by atoms with Crippen molar-refractivity contribution in [3.8, 4) is 11.1 Å². The summed E-state index contributed by atoms with van der Waals surface area (Å²) in [6, 6.07) is 28.0. The van der Waals surface area contributed by atoms with Gasteiger partial charge < -0.3 is 10.6 Å². The van der Waals surface area contributed by atoms with E-state index in [1.54, 1.807) is 19.3 Å². The van der Waals surface area contributed by atoms with Crippen molar-refractivity contribution < 1.29 is 9.59 Å². The standard InChI is InChI=1S/C33H31N5O2/c1-22-20-34-21-23(2)29(22)26-14-16-27(17-15-26)36-33(40)31(37-32(39)28-18-19-35-38(28)3)30(24-10-6-4-7-11-24)25-12-8-5-9-13-25/h4-21,30-31H,1-3H3,(H,36,40)(H,37,39). The predicted molar refractivity (Wildman–Crippen MR) is 157 cm³/mol. The maximum absolute atomic E-state index is 14.0. The summed E-state index contributed by atoms with van der Waals surface area (Å²) in [5.74, 6) is -1.13. The molecule has 40 heavy (non-hydrogen) atoms. The van der Waals surface area contributed by atoms with Crippen LogP contribution in [0.15, 0.2) is 110 Å². The highest BCUT2D eigenvalue weighted by atomic mass is 16.2. The fourth-order valence-corrected chi connectivity index (χ4v) is 5.11. The lowest BCUT2D eigenvalue weighted by Gasteiger charge is -2.28. The molecule has 2 amide bonds. The Labute approximate surface area is 233 Å². The van der Waals surface area contributed by atoms with Crippen LogP contribution in [0.1, 0.15) is 38.7 Å². The first kappa shape index (κ1) is 26.6. The molecule has 0 saturated carbocycles. The number of carbonyl (C=O) groups excluding carboxylic acids is 2. The van der Waals surface area contributed by atoms with Gasteiger partial charge >= 0.3 is 0 Å². The number of aromatic nitrogens is 3. The quantitative estimate of drug-likeness (QED) is 0.271. The molecule has 0 aliphatic rings. The third-order valence-corrected chi connectivity index (χ3v) is 7.04. The molecule has 2 heterocycles. The number of hydrogen-bond acceptors (Lipinski definition) is 4. The minimum Gasteiger partial charge on any atom is -0.338 e. The zero-order valence-electron chi connectivity index (χ0n) is 22.7. The Morgan fingerprint density at radius 3 is 1.88 bits per heavy atom. The van der Waals surface area contributed by atoms with Gasteiger partial charge in [-0.15, -0.1) is 0 Å². The monoisotopic (exact) mass is 529 g/mol. The van der Waals surface area contributed by atoms with Crippen LogP contribution in [0.5, 0.6) is 0 Å². The molecule has 3 aromatic carbocycles. The second-order valence-electron chi connectivity index (χ2n) is 9.81. The number of aryl methyl sites for hydroxylation is 3. The smallest absolute Gasteiger partial charge is 0.270 e. The molecular weight excluding hydrogens is 498 g/mol. The van der Waals surface area contributed by atoms with Gasteiger partial charge in [-0.2, -0.15) is 5.10 Å². The van der Waals surface area contributed by atoms with E-state index in [0.29, 0.717) is 11.4 Å². The lowest BCUT2D eigenvalue weighted by molar-refractivity contribution is -0.118. The molecule has 1 atom stereocenters. The number of hydrogen-bond donors (Lipinski definition) is 2. The zero-order valence-corrected chi connectivity index (χ0v) is 22.7. The van der Waals surface area contributed by atoms with Crippen LogP contribution < -0.4 is 10.6 Å². The van der Waals surface area contributed by atoms with Gasteiger partial charge in [0.05, 0.1) is 0 Å². The largest absolute Gasteiger partial charge is 0.338 e. The number of anilines is 1. The van der Waals surface area contributed by atoms with Crippen LogP contribution in [-0.2, 0) is 11.8 Å². The minimum absolute atomic E-state index is 0.322. The number of amides is 2. The molecule has 0 spiro atoms. The molecular formula is C33H31N5O2. The van der Waals surface area contributed by atoms with E-state index in [-0.39, 0.29) is 11.8 Å². The van der Waals surface area contributed by atoms with E-state index in [1.165, 1.54) is 4.68 Å². The topological polar surface area (TPSA) is 88.9 Å². The van der Waals surface area contributed by atoms with Crippen molar-refractivity contribution in [1.29, 1.82) is 0 Å². The summed E-state index contributed by atoms with van der Waals surface area (Å²) in [5, 5.41) is 10.2. The summed E-state index contributed by atoms with van der Waals surface area (Å²) < 4.78 is 1.49. The van der Waals surface area contributed by atoms with Gasteiger partial charge in [0, 0.05) is 37.2 Å². The molecule has 2 N–H and O–H groups in total. The highest BCUT2D eigenvalue weighted by Crippen LogP contribution is 2.30. The summed E-state index contributed by atoms with van der Waals surface area (Å²) in [7, 11) is 1.70. The second-order valence-corrected chi connectivity index (χ2v) is 9.81. The van der Waals surface area contributed by atoms with Crippen LogP contribution >= 0.6 is 0 Å². The van der Waals surface area contributed by atoms with E-state index in [4.69, 9.17) is 0 Å². The van der Waals surface area contributed by atoms with Gasteiger partial charge in [-0.25, -0.2) is 0 Å². The first-order valence-electron chi connectivity index (χ1n) is 13.1. The Hall–Kier alpha value is -5.04. The van der Waals surface area contributed by atoms with Crippen LogP contribution in [-0.4, -0.2) is 32.6 Å². The number of pyridine rings is 1. The van der Waals surface area contributed by atoms with E-state index in [9.17, 15) is 9.59 Å². The molecule has 0 aliphatic carbocycles. The maximum atomic E-state index is 14.0. The van der Waals surface area contributed by atoms with Crippen LogP contribution in [0.2, 0.25) is 0 Å². The molecule has 7 nitrogen and oxygen atoms in total. The van der Waals surface area contributed by atoms with E-state index in [1.807, 2.05) is 111 Å². The zero-order chi connectivity index (χ0) is 28.1. The Bertz CT molecular complexity index is 1550. The van der Waals surface area contributed by atoms with Crippen molar-refractivity contribution >= 4 is 17.5 Å². The molecule has 200 valence electrons. The van der Waals surface area contributed by atoms with E-state index < -0.39 is 12.0 Å². The Morgan fingerprint density at radius 1 is 0.775 bits per heavy atom. The lowest BCUT2D eigenvalue weighted by atomic mass is 9.84. The Balaban J connectivity index is 1.49. The normalized spacial score (nSPS) is 11.7. The number of benzene rings is 3. The van der Waals surface area contributed by atoms with Gasteiger partial charge in [0.15, 0.2) is 0 Å². The number of carbonyl (C=O) groups is 2. The van der Waals surface area contributed by atoms with Crippen molar-refractivity contribution in [2.45, 2.75) is 25.8 Å². The number of nitrogens with one attached hydrogen (secondary N) is 2.